The van der Waals surface area contributed by atoms with Crippen molar-refractivity contribution in [2.24, 2.45) is 0 Å². The van der Waals surface area contributed by atoms with Crippen LogP contribution < -0.4 is 0 Å². The third kappa shape index (κ3) is 3.39. The Balaban J connectivity index is 0.00000144. The molecule has 0 bridgehead atoms. The van der Waals surface area contributed by atoms with Crippen molar-refractivity contribution < 1.29 is 17.1 Å². The van der Waals surface area contributed by atoms with Crippen LogP contribution in [0.5, 0.6) is 0 Å². The second kappa shape index (κ2) is 6.53. The minimum Gasteiger partial charge on any atom is -0.267 e. The van der Waals surface area contributed by atoms with Gasteiger partial charge in [0.1, 0.15) is 0 Å². The Kier molecular flexibility index (Phi) is 5.33. The molecule has 1 unspecified atom stereocenters. The summed E-state index contributed by atoms with van der Waals surface area (Å²) in [5.41, 5.74) is 3.38. The van der Waals surface area contributed by atoms with Gasteiger partial charge in [-0.1, -0.05) is 38.1 Å². The average Bonchev–Trinajstić information content (AvgIpc) is 2.39. The first-order valence-corrected chi connectivity index (χ1v) is 5.61. The van der Waals surface area contributed by atoms with E-state index < -0.39 is 0 Å². The Hall–Kier alpha value is -1.18. The Morgan fingerprint density at radius 2 is 1.88 bits per heavy atom. The molecule has 0 aliphatic heterocycles. The van der Waals surface area contributed by atoms with Crippen molar-refractivity contribution in [3.05, 3.63) is 48.2 Å². The molecule has 0 aliphatic rings. The smallest absolute Gasteiger partial charge is 0.0110 e. The molecule has 0 fully saturated rings. The van der Waals surface area contributed by atoms with Gasteiger partial charge in [-0.3, -0.25) is 5.10 Å². The van der Waals surface area contributed by atoms with Crippen molar-refractivity contribution in [2.45, 2.75) is 26.2 Å². The normalized spacial score (nSPS) is 11.6. The molecule has 2 rings (SSSR count). The molecule has 0 N–H and O–H groups in total. The number of nitrogens with zero attached hydrogens (tertiary/aromatic N) is 2. The van der Waals surface area contributed by atoms with Gasteiger partial charge in [-0.15, -0.1) is 6.20 Å². The zero-order valence-electron chi connectivity index (χ0n) is 10.0. The molecule has 0 saturated heterocycles. The van der Waals surface area contributed by atoms with Crippen LogP contribution in [0.1, 0.15) is 31.7 Å². The summed E-state index contributed by atoms with van der Waals surface area (Å²) in [5, 5.41) is 7.80. The minimum atomic E-state index is 0. The van der Waals surface area contributed by atoms with E-state index in [-0.39, 0.29) is 17.1 Å². The van der Waals surface area contributed by atoms with Crippen LogP contribution in [0.4, 0.5) is 0 Å². The maximum Gasteiger partial charge on any atom is 0.0110 e. The van der Waals surface area contributed by atoms with Crippen LogP contribution in [0.2, 0.25) is 0 Å². The molecule has 2 aromatic rings. The van der Waals surface area contributed by atoms with Gasteiger partial charge in [0, 0.05) is 22.8 Å². The van der Waals surface area contributed by atoms with E-state index in [4.69, 9.17) is 0 Å². The summed E-state index contributed by atoms with van der Waals surface area (Å²) in [5.74, 6) is 0.615. The third-order valence-electron chi connectivity index (χ3n) is 2.92. The summed E-state index contributed by atoms with van der Waals surface area (Å²) < 4.78 is 0. The second-order valence-corrected chi connectivity index (χ2v) is 3.98. The molecule has 1 heterocycles. The Labute approximate surface area is 113 Å². The molecule has 2 nitrogen and oxygen atoms in total. The molecule has 3 heteroatoms. The third-order valence-corrected chi connectivity index (χ3v) is 2.92. The Bertz CT molecular complexity index is 440. The van der Waals surface area contributed by atoms with E-state index in [0.717, 1.165) is 11.3 Å². The van der Waals surface area contributed by atoms with Crippen LogP contribution in [0.25, 0.3) is 11.3 Å². The van der Waals surface area contributed by atoms with Gasteiger partial charge in [-0.25, -0.2) is 6.07 Å². The predicted molar refractivity (Wildman–Crippen MR) is 65.0 cm³/mol. The Morgan fingerprint density at radius 1 is 1.18 bits per heavy atom. The summed E-state index contributed by atoms with van der Waals surface area (Å²) in [4.78, 5) is 0. The van der Waals surface area contributed by atoms with Crippen molar-refractivity contribution in [1.82, 2.24) is 10.2 Å². The molecular weight excluding hydrogens is 251 g/mol. The van der Waals surface area contributed by atoms with Gasteiger partial charge in [0.2, 0.25) is 0 Å². The van der Waals surface area contributed by atoms with E-state index in [9.17, 15) is 0 Å². The van der Waals surface area contributed by atoms with Crippen LogP contribution in [-0.2, 0) is 17.1 Å². The van der Waals surface area contributed by atoms with E-state index >= 15 is 0 Å². The van der Waals surface area contributed by atoms with Crippen molar-refractivity contribution in [3.8, 4) is 11.3 Å². The molecule has 0 spiro atoms. The van der Waals surface area contributed by atoms with E-state index in [1.807, 2.05) is 6.07 Å². The maximum atomic E-state index is 4.04. The number of aromatic nitrogens is 2. The molecule has 0 amide bonds. The van der Waals surface area contributed by atoms with E-state index in [2.05, 4.69) is 54.5 Å². The first-order valence-electron chi connectivity index (χ1n) is 5.61. The van der Waals surface area contributed by atoms with Gasteiger partial charge < -0.3 is 0 Å². The van der Waals surface area contributed by atoms with Crippen LogP contribution in [0.15, 0.2) is 36.4 Å². The molecular formula is C14H15MnN2-. The zero-order valence-corrected chi connectivity index (χ0v) is 11.2. The topological polar surface area (TPSA) is 25.8 Å². The van der Waals surface area contributed by atoms with E-state index in [0.29, 0.717) is 5.92 Å². The van der Waals surface area contributed by atoms with Gasteiger partial charge in [0.25, 0.3) is 0 Å². The fraction of sp³-hybridized carbons (Fsp3) is 0.286. The van der Waals surface area contributed by atoms with Gasteiger partial charge in [0.05, 0.1) is 0 Å². The van der Waals surface area contributed by atoms with Crippen molar-refractivity contribution >= 4 is 0 Å². The first-order chi connectivity index (χ1) is 7.81. The number of hydrogen-bond acceptors (Lipinski definition) is 2. The molecule has 0 aliphatic carbocycles. The molecule has 1 atom stereocenters. The number of hydrogen-bond donors (Lipinski definition) is 0. The summed E-state index contributed by atoms with van der Waals surface area (Å²) in [7, 11) is 0. The molecule has 1 radical (unpaired) electrons. The predicted octanol–water partition coefficient (Wildman–Crippen LogP) is 3.45. The molecule has 1 aromatic carbocycles. The van der Waals surface area contributed by atoms with Crippen molar-refractivity contribution in [3.63, 3.8) is 0 Å². The standard InChI is InChI=1S/C14H15N2.Mn/c1-3-11(2)12-6-8-13(9-7-12)14-5-4-10-15-16-14;/h4-9,11H,3H2,1-2H3;/q-1;. The fourth-order valence-electron chi connectivity index (χ4n) is 1.64. The fourth-order valence-corrected chi connectivity index (χ4v) is 1.64. The first kappa shape index (κ1) is 13.9. The van der Waals surface area contributed by atoms with Gasteiger partial charge in [-0.2, -0.15) is 11.2 Å². The molecule has 17 heavy (non-hydrogen) atoms. The summed E-state index contributed by atoms with van der Waals surface area (Å²) >= 11 is 0. The minimum absolute atomic E-state index is 0. The summed E-state index contributed by atoms with van der Waals surface area (Å²) in [6.07, 6.45) is 3.85. The van der Waals surface area contributed by atoms with Gasteiger partial charge >= 0.3 is 0 Å². The zero-order chi connectivity index (χ0) is 11.4. The van der Waals surface area contributed by atoms with Crippen LogP contribution in [0.3, 0.4) is 0 Å². The van der Waals surface area contributed by atoms with Gasteiger partial charge in [-0.05, 0) is 23.5 Å². The number of rotatable bonds is 3. The van der Waals surface area contributed by atoms with Gasteiger partial charge in [0.15, 0.2) is 0 Å². The second-order valence-electron chi connectivity index (χ2n) is 3.98. The molecule has 0 saturated carbocycles. The molecule has 1 aromatic heterocycles. The van der Waals surface area contributed by atoms with E-state index in [1.165, 1.54) is 12.0 Å². The largest absolute Gasteiger partial charge is 0.267 e. The van der Waals surface area contributed by atoms with Crippen molar-refractivity contribution in [2.75, 3.05) is 0 Å². The monoisotopic (exact) mass is 266 g/mol. The Morgan fingerprint density at radius 3 is 2.41 bits per heavy atom. The van der Waals surface area contributed by atoms with Crippen molar-refractivity contribution in [1.29, 1.82) is 0 Å². The number of benzene rings is 1. The summed E-state index contributed by atoms with van der Waals surface area (Å²) in [6, 6.07) is 12.2. The molecule has 89 valence electrons. The van der Waals surface area contributed by atoms with E-state index in [1.54, 1.807) is 6.07 Å². The quantitative estimate of drug-likeness (QED) is 0.628. The average molecular weight is 266 g/mol. The summed E-state index contributed by atoms with van der Waals surface area (Å²) in [6.45, 7) is 4.45. The van der Waals surface area contributed by atoms with Crippen LogP contribution >= 0.6 is 0 Å². The maximum absolute atomic E-state index is 4.04. The van der Waals surface area contributed by atoms with Crippen LogP contribution in [0, 0.1) is 6.20 Å². The SMILES string of the molecule is CCC(C)c1ccc(-c2cc[c-]nn2)cc1.[Mn]. The van der Waals surface area contributed by atoms with Crippen LogP contribution in [-0.4, -0.2) is 10.2 Å².